The predicted molar refractivity (Wildman–Crippen MR) is 85.5 cm³/mol. The third-order valence-electron chi connectivity index (χ3n) is 3.02. The van der Waals surface area contributed by atoms with Crippen molar-refractivity contribution in [3.05, 3.63) is 69.8 Å². The lowest BCUT2D eigenvalue weighted by atomic mass is 10.2. The second kappa shape index (κ2) is 7.22. The van der Waals surface area contributed by atoms with Gasteiger partial charge in [-0.3, -0.25) is 10.1 Å². The quantitative estimate of drug-likeness (QED) is 0.277. The predicted octanol–water partition coefficient (Wildman–Crippen LogP) is 3.53. The molecule has 0 saturated heterocycles. The van der Waals surface area contributed by atoms with E-state index in [1.165, 1.54) is 31.4 Å². The van der Waals surface area contributed by atoms with Gasteiger partial charge in [0.25, 0.3) is 5.69 Å². The molecule has 2 aromatic rings. The van der Waals surface area contributed by atoms with Gasteiger partial charge in [-0.25, -0.2) is 4.79 Å². The number of non-ortho nitro benzene ring substituents is 1. The van der Waals surface area contributed by atoms with E-state index in [9.17, 15) is 14.9 Å². The maximum Gasteiger partial charge on any atom is 0.336 e. The van der Waals surface area contributed by atoms with E-state index in [-0.39, 0.29) is 5.69 Å². The summed E-state index contributed by atoms with van der Waals surface area (Å²) in [5.41, 5.74) is 1.47. The van der Waals surface area contributed by atoms with Crippen molar-refractivity contribution in [1.29, 1.82) is 0 Å². The molecular formula is C17H15NO5. The summed E-state index contributed by atoms with van der Waals surface area (Å²) in [5, 5.41) is 10.7. The Morgan fingerprint density at radius 3 is 2.65 bits per heavy atom. The Kier molecular flexibility index (Phi) is 5.09. The summed E-state index contributed by atoms with van der Waals surface area (Å²) in [5.74, 6) is 0.174. The van der Waals surface area contributed by atoms with E-state index in [1.54, 1.807) is 30.3 Å². The van der Waals surface area contributed by atoms with Crippen LogP contribution >= 0.6 is 0 Å². The first-order valence-electron chi connectivity index (χ1n) is 6.78. The zero-order valence-corrected chi connectivity index (χ0v) is 12.7. The number of rotatable bonds is 5. The summed E-state index contributed by atoms with van der Waals surface area (Å²) in [6.45, 7) is 1.90. The highest BCUT2D eigenvalue weighted by molar-refractivity contribution is 5.89. The standard InChI is InChI=1S/C17H15NO5/c1-12-6-8-15(16(10-12)22-2)23-17(19)9-7-13-4-3-5-14(11-13)18(20)21/h3-11H,1-2H3/b9-7+. The fraction of sp³-hybridized carbons (Fsp3) is 0.118. The molecule has 23 heavy (non-hydrogen) atoms. The average Bonchev–Trinajstić information content (AvgIpc) is 2.54. The van der Waals surface area contributed by atoms with E-state index in [0.29, 0.717) is 17.1 Å². The molecule has 6 nitrogen and oxygen atoms in total. The van der Waals surface area contributed by atoms with Gasteiger partial charge in [-0.2, -0.15) is 0 Å². The Morgan fingerprint density at radius 1 is 1.17 bits per heavy atom. The lowest BCUT2D eigenvalue weighted by molar-refractivity contribution is -0.384. The Labute approximate surface area is 133 Å². The summed E-state index contributed by atoms with van der Waals surface area (Å²) in [7, 11) is 1.49. The molecule has 0 heterocycles. The summed E-state index contributed by atoms with van der Waals surface area (Å²) in [6, 6.07) is 11.2. The van der Waals surface area contributed by atoms with Crippen molar-refractivity contribution in [2.24, 2.45) is 0 Å². The Hall–Kier alpha value is -3.15. The monoisotopic (exact) mass is 313 g/mol. The van der Waals surface area contributed by atoms with Gasteiger partial charge in [-0.05, 0) is 36.3 Å². The van der Waals surface area contributed by atoms with Crippen LogP contribution in [-0.2, 0) is 4.79 Å². The first-order chi connectivity index (χ1) is 11.0. The van der Waals surface area contributed by atoms with Crippen LogP contribution < -0.4 is 9.47 Å². The van der Waals surface area contributed by atoms with E-state index in [4.69, 9.17) is 9.47 Å². The number of methoxy groups -OCH3 is 1. The number of hydrogen-bond donors (Lipinski definition) is 0. The topological polar surface area (TPSA) is 78.7 Å². The molecule has 118 valence electrons. The van der Waals surface area contributed by atoms with E-state index in [2.05, 4.69) is 0 Å². The lowest BCUT2D eigenvalue weighted by Gasteiger charge is -2.08. The van der Waals surface area contributed by atoms with Gasteiger partial charge in [0.15, 0.2) is 11.5 Å². The normalized spacial score (nSPS) is 10.5. The number of nitrogens with zero attached hydrogens (tertiary/aromatic N) is 1. The van der Waals surface area contributed by atoms with E-state index in [0.717, 1.165) is 5.56 Å². The zero-order valence-electron chi connectivity index (χ0n) is 12.7. The van der Waals surface area contributed by atoms with Crippen molar-refractivity contribution >= 4 is 17.7 Å². The number of esters is 1. The maximum absolute atomic E-state index is 11.9. The van der Waals surface area contributed by atoms with Crippen LogP contribution in [0, 0.1) is 17.0 Å². The fourth-order valence-corrected chi connectivity index (χ4v) is 1.91. The molecule has 0 fully saturated rings. The van der Waals surface area contributed by atoms with Crippen molar-refractivity contribution in [1.82, 2.24) is 0 Å². The molecule has 0 radical (unpaired) electrons. The molecule has 0 saturated carbocycles. The highest BCUT2D eigenvalue weighted by Gasteiger charge is 2.08. The number of carbonyl (C=O) groups excluding carboxylic acids is 1. The van der Waals surface area contributed by atoms with Crippen LogP contribution in [0.2, 0.25) is 0 Å². The lowest BCUT2D eigenvalue weighted by Crippen LogP contribution is -2.05. The van der Waals surface area contributed by atoms with Gasteiger partial charge in [0.1, 0.15) is 0 Å². The number of nitro benzene ring substituents is 1. The number of benzene rings is 2. The minimum absolute atomic E-state index is 0.0410. The van der Waals surface area contributed by atoms with Crippen LogP contribution in [0.25, 0.3) is 6.08 Å². The SMILES string of the molecule is COc1cc(C)ccc1OC(=O)/C=C/c1cccc([N+](=O)[O-])c1. The molecule has 0 spiro atoms. The highest BCUT2D eigenvalue weighted by Crippen LogP contribution is 2.28. The Balaban J connectivity index is 2.10. The molecule has 0 aromatic heterocycles. The molecule has 0 unspecified atom stereocenters. The van der Waals surface area contributed by atoms with Gasteiger partial charge >= 0.3 is 5.97 Å². The zero-order chi connectivity index (χ0) is 16.8. The van der Waals surface area contributed by atoms with E-state index in [1.807, 2.05) is 6.92 Å². The molecular weight excluding hydrogens is 298 g/mol. The van der Waals surface area contributed by atoms with Crippen molar-refractivity contribution in [3.63, 3.8) is 0 Å². The van der Waals surface area contributed by atoms with Crippen LogP contribution in [0.4, 0.5) is 5.69 Å². The summed E-state index contributed by atoms with van der Waals surface area (Å²) in [4.78, 5) is 22.1. The molecule has 0 aliphatic carbocycles. The van der Waals surface area contributed by atoms with Gasteiger partial charge < -0.3 is 9.47 Å². The van der Waals surface area contributed by atoms with Crippen molar-refractivity contribution in [2.45, 2.75) is 6.92 Å². The second-order valence-electron chi connectivity index (χ2n) is 4.76. The van der Waals surface area contributed by atoms with Gasteiger partial charge in [0.2, 0.25) is 0 Å². The van der Waals surface area contributed by atoms with Gasteiger partial charge in [-0.15, -0.1) is 0 Å². The average molecular weight is 313 g/mol. The molecule has 6 heteroatoms. The second-order valence-corrected chi connectivity index (χ2v) is 4.76. The number of carbonyl (C=O) groups is 1. The van der Waals surface area contributed by atoms with Crippen LogP contribution in [0.5, 0.6) is 11.5 Å². The first kappa shape index (κ1) is 16.2. The minimum atomic E-state index is -0.598. The molecule has 2 aromatic carbocycles. The molecule has 0 aliphatic rings. The Morgan fingerprint density at radius 2 is 1.96 bits per heavy atom. The van der Waals surface area contributed by atoms with Crippen LogP contribution in [0.1, 0.15) is 11.1 Å². The minimum Gasteiger partial charge on any atom is -0.493 e. The molecule has 0 atom stereocenters. The summed E-state index contributed by atoms with van der Waals surface area (Å²) >= 11 is 0. The highest BCUT2D eigenvalue weighted by atomic mass is 16.6. The van der Waals surface area contributed by atoms with Gasteiger partial charge in [0, 0.05) is 18.2 Å². The number of aryl methyl sites for hydroxylation is 1. The molecule has 0 N–H and O–H groups in total. The maximum atomic E-state index is 11.9. The Bertz CT molecular complexity index is 767. The van der Waals surface area contributed by atoms with Crippen LogP contribution in [0.15, 0.2) is 48.5 Å². The molecule has 0 aliphatic heterocycles. The fourth-order valence-electron chi connectivity index (χ4n) is 1.91. The largest absolute Gasteiger partial charge is 0.493 e. The molecule has 0 amide bonds. The van der Waals surface area contributed by atoms with Crippen LogP contribution in [-0.4, -0.2) is 18.0 Å². The van der Waals surface area contributed by atoms with Crippen molar-refractivity contribution in [2.75, 3.05) is 7.11 Å². The van der Waals surface area contributed by atoms with Crippen LogP contribution in [0.3, 0.4) is 0 Å². The number of nitro groups is 1. The summed E-state index contributed by atoms with van der Waals surface area (Å²) in [6.07, 6.45) is 2.66. The van der Waals surface area contributed by atoms with E-state index < -0.39 is 10.9 Å². The molecule has 0 bridgehead atoms. The van der Waals surface area contributed by atoms with Crippen molar-refractivity contribution in [3.8, 4) is 11.5 Å². The first-order valence-corrected chi connectivity index (χ1v) is 6.78. The summed E-state index contributed by atoms with van der Waals surface area (Å²) < 4.78 is 10.4. The molecule has 2 rings (SSSR count). The van der Waals surface area contributed by atoms with Gasteiger partial charge in [0.05, 0.1) is 12.0 Å². The smallest absolute Gasteiger partial charge is 0.336 e. The van der Waals surface area contributed by atoms with Crippen molar-refractivity contribution < 1.29 is 19.2 Å². The third-order valence-corrected chi connectivity index (χ3v) is 3.02. The number of ether oxygens (including phenoxy) is 2. The third kappa shape index (κ3) is 4.41. The van der Waals surface area contributed by atoms with Gasteiger partial charge in [-0.1, -0.05) is 18.2 Å². The number of hydrogen-bond acceptors (Lipinski definition) is 5. The van der Waals surface area contributed by atoms with E-state index >= 15 is 0 Å².